The summed E-state index contributed by atoms with van der Waals surface area (Å²) in [5.41, 5.74) is -0.0787. The molecule has 0 bridgehead atoms. The molecule has 0 radical (unpaired) electrons. The van der Waals surface area contributed by atoms with E-state index in [1.54, 1.807) is 0 Å². The topological polar surface area (TPSA) is 52.6 Å². The molecule has 5 heteroatoms. The van der Waals surface area contributed by atoms with Crippen LogP contribution in [0.4, 0.5) is 0 Å². The Morgan fingerprint density at radius 3 is 2.60 bits per heavy atom. The third-order valence-corrected chi connectivity index (χ3v) is 5.05. The van der Waals surface area contributed by atoms with E-state index in [1.807, 2.05) is 30.3 Å². The summed E-state index contributed by atoms with van der Waals surface area (Å²) in [6, 6.07) is 9.49. The molecule has 0 N–H and O–H groups in total. The molecule has 1 aromatic rings. The Labute approximate surface area is 121 Å². The zero-order chi connectivity index (χ0) is 14.4. The van der Waals surface area contributed by atoms with Gasteiger partial charge >= 0.3 is 5.97 Å². The van der Waals surface area contributed by atoms with Gasteiger partial charge in [0.25, 0.3) is 0 Å². The van der Waals surface area contributed by atoms with Gasteiger partial charge in [0.05, 0.1) is 25.9 Å². The summed E-state index contributed by atoms with van der Waals surface area (Å²) in [4.78, 5) is 11.3. The van der Waals surface area contributed by atoms with E-state index in [0.29, 0.717) is 24.5 Å². The van der Waals surface area contributed by atoms with Gasteiger partial charge in [-0.05, 0) is 30.4 Å². The molecule has 20 heavy (non-hydrogen) atoms. The molecule has 1 saturated carbocycles. The predicted molar refractivity (Wildman–Crippen MR) is 78.1 cm³/mol. The van der Waals surface area contributed by atoms with E-state index < -0.39 is 10.8 Å². The van der Waals surface area contributed by atoms with Crippen molar-refractivity contribution < 1.29 is 18.5 Å². The molecule has 0 aromatic heterocycles. The highest BCUT2D eigenvalue weighted by Gasteiger charge is 2.45. The fraction of sp³-hybridized carbons (Fsp3) is 0.533. The van der Waals surface area contributed by atoms with Gasteiger partial charge in [-0.15, -0.1) is 0 Å². The van der Waals surface area contributed by atoms with Gasteiger partial charge in [-0.25, -0.2) is 0 Å². The average Bonchev–Trinajstić information content (AvgIpc) is 3.19. The summed E-state index contributed by atoms with van der Waals surface area (Å²) < 4.78 is 22.3. The van der Waals surface area contributed by atoms with Gasteiger partial charge in [-0.2, -0.15) is 0 Å². The maximum Gasteiger partial charge on any atom is 0.306 e. The summed E-state index contributed by atoms with van der Waals surface area (Å²) in [5.74, 6) is 1.65. The Balaban J connectivity index is 1.69. The van der Waals surface area contributed by atoms with Crippen LogP contribution in [0, 0.1) is 5.41 Å². The molecule has 2 rings (SSSR count). The van der Waals surface area contributed by atoms with E-state index in [1.165, 1.54) is 7.11 Å². The molecule has 1 unspecified atom stereocenters. The number of benzene rings is 1. The number of hydrogen-bond donors (Lipinski definition) is 0. The zero-order valence-electron chi connectivity index (χ0n) is 11.7. The van der Waals surface area contributed by atoms with Gasteiger partial charge < -0.3 is 9.47 Å². The molecular weight excluding hydrogens is 276 g/mol. The number of para-hydroxylation sites is 1. The van der Waals surface area contributed by atoms with E-state index in [9.17, 15) is 9.00 Å². The molecule has 4 nitrogen and oxygen atoms in total. The first-order valence-corrected chi connectivity index (χ1v) is 8.22. The van der Waals surface area contributed by atoms with Gasteiger partial charge in [-0.3, -0.25) is 9.00 Å². The quantitative estimate of drug-likeness (QED) is 0.690. The Kier molecular flexibility index (Phi) is 5.17. The Hall–Kier alpha value is -1.36. The molecule has 0 amide bonds. The molecule has 0 aliphatic heterocycles. The largest absolute Gasteiger partial charge is 0.493 e. The van der Waals surface area contributed by atoms with Gasteiger partial charge in [0.2, 0.25) is 0 Å². The lowest BCUT2D eigenvalue weighted by molar-refractivity contribution is -0.141. The normalized spacial score (nSPS) is 17.2. The Bertz CT molecular complexity index is 468. The van der Waals surface area contributed by atoms with Crippen molar-refractivity contribution in [3.63, 3.8) is 0 Å². The van der Waals surface area contributed by atoms with Gasteiger partial charge in [-0.1, -0.05) is 18.2 Å². The van der Waals surface area contributed by atoms with Crippen molar-refractivity contribution in [1.82, 2.24) is 0 Å². The van der Waals surface area contributed by atoms with E-state index in [2.05, 4.69) is 4.74 Å². The third kappa shape index (κ3) is 4.63. The van der Waals surface area contributed by atoms with Crippen molar-refractivity contribution in [2.24, 2.45) is 5.41 Å². The molecule has 1 aromatic carbocycles. The summed E-state index contributed by atoms with van der Waals surface area (Å²) in [7, 11) is 0.440. The van der Waals surface area contributed by atoms with Gasteiger partial charge in [0.1, 0.15) is 5.75 Å². The van der Waals surface area contributed by atoms with E-state index in [4.69, 9.17) is 4.74 Å². The van der Waals surface area contributed by atoms with Crippen molar-refractivity contribution in [2.45, 2.75) is 19.3 Å². The van der Waals surface area contributed by atoms with Crippen LogP contribution in [0.5, 0.6) is 5.75 Å². The van der Waals surface area contributed by atoms with Crippen molar-refractivity contribution in [1.29, 1.82) is 0 Å². The van der Waals surface area contributed by atoms with Crippen LogP contribution in [0.15, 0.2) is 30.3 Å². The van der Waals surface area contributed by atoms with Crippen molar-refractivity contribution in [3.8, 4) is 5.75 Å². The molecule has 0 saturated heterocycles. The Morgan fingerprint density at radius 1 is 1.30 bits per heavy atom. The van der Waals surface area contributed by atoms with Crippen LogP contribution in [0.2, 0.25) is 0 Å². The number of esters is 1. The lowest BCUT2D eigenvalue weighted by atomic mass is 10.1. The van der Waals surface area contributed by atoms with E-state index >= 15 is 0 Å². The van der Waals surface area contributed by atoms with Crippen LogP contribution in [0.25, 0.3) is 0 Å². The first-order valence-electron chi connectivity index (χ1n) is 6.73. The van der Waals surface area contributed by atoms with Crippen LogP contribution < -0.4 is 4.74 Å². The maximum atomic E-state index is 12.0. The molecule has 1 fully saturated rings. The van der Waals surface area contributed by atoms with Gasteiger partial charge in [0.15, 0.2) is 0 Å². The first kappa shape index (κ1) is 15.0. The number of methoxy groups -OCH3 is 1. The average molecular weight is 296 g/mol. The lowest BCUT2D eigenvalue weighted by Gasteiger charge is -2.13. The SMILES string of the molecule is COC(=O)CC1(CS(=O)CCOc2ccccc2)CC1. The predicted octanol–water partition coefficient (Wildman–Crippen LogP) is 2.16. The summed E-state index contributed by atoms with van der Waals surface area (Å²) in [6.07, 6.45) is 2.32. The fourth-order valence-electron chi connectivity index (χ4n) is 2.11. The number of ether oxygens (including phenoxy) is 2. The zero-order valence-corrected chi connectivity index (χ0v) is 12.5. The highest BCUT2D eigenvalue weighted by Crippen LogP contribution is 2.49. The molecule has 0 heterocycles. The van der Waals surface area contributed by atoms with E-state index in [-0.39, 0.29) is 11.4 Å². The number of carbonyl (C=O) groups is 1. The monoisotopic (exact) mass is 296 g/mol. The smallest absolute Gasteiger partial charge is 0.306 e. The molecule has 110 valence electrons. The molecule has 0 spiro atoms. The number of rotatable bonds is 8. The van der Waals surface area contributed by atoms with Crippen molar-refractivity contribution in [2.75, 3.05) is 25.2 Å². The number of carbonyl (C=O) groups excluding carboxylic acids is 1. The molecular formula is C15H20O4S. The number of hydrogen-bond acceptors (Lipinski definition) is 4. The lowest BCUT2D eigenvalue weighted by Crippen LogP contribution is -2.21. The van der Waals surface area contributed by atoms with Crippen molar-refractivity contribution >= 4 is 16.8 Å². The first-order chi connectivity index (χ1) is 9.63. The highest BCUT2D eigenvalue weighted by atomic mass is 32.2. The minimum atomic E-state index is -0.952. The maximum absolute atomic E-state index is 12.0. The second kappa shape index (κ2) is 6.88. The second-order valence-corrected chi connectivity index (χ2v) is 6.78. The van der Waals surface area contributed by atoms with Crippen LogP contribution in [-0.4, -0.2) is 35.4 Å². The van der Waals surface area contributed by atoms with Crippen LogP contribution >= 0.6 is 0 Å². The van der Waals surface area contributed by atoms with Crippen LogP contribution in [0.3, 0.4) is 0 Å². The minimum absolute atomic E-state index is 0.0787. The molecule has 1 aliphatic carbocycles. The molecule has 1 aliphatic rings. The van der Waals surface area contributed by atoms with Crippen LogP contribution in [-0.2, 0) is 20.3 Å². The standard InChI is InChI=1S/C15H20O4S/c1-18-14(16)11-15(7-8-15)12-20(17)10-9-19-13-5-3-2-4-6-13/h2-6H,7-12H2,1H3. The molecule has 1 atom stereocenters. The highest BCUT2D eigenvalue weighted by molar-refractivity contribution is 7.85. The van der Waals surface area contributed by atoms with E-state index in [0.717, 1.165) is 18.6 Å². The van der Waals surface area contributed by atoms with Crippen molar-refractivity contribution in [3.05, 3.63) is 30.3 Å². The summed E-state index contributed by atoms with van der Waals surface area (Å²) in [6.45, 7) is 0.435. The second-order valence-electron chi connectivity index (χ2n) is 5.20. The summed E-state index contributed by atoms with van der Waals surface area (Å²) >= 11 is 0. The minimum Gasteiger partial charge on any atom is -0.493 e. The fourth-order valence-corrected chi connectivity index (χ4v) is 3.60. The summed E-state index contributed by atoms with van der Waals surface area (Å²) in [5, 5.41) is 0. The third-order valence-electron chi connectivity index (χ3n) is 3.49. The Morgan fingerprint density at radius 2 is 2.00 bits per heavy atom. The van der Waals surface area contributed by atoms with Gasteiger partial charge in [0, 0.05) is 16.6 Å². The van der Waals surface area contributed by atoms with Crippen LogP contribution in [0.1, 0.15) is 19.3 Å².